The van der Waals surface area contributed by atoms with Crippen molar-refractivity contribution in [1.29, 1.82) is 0 Å². The van der Waals surface area contributed by atoms with Crippen molar-refractivity contribution in [1.82, 2.24) is 0 Å². The van der Waals surface area contributed by atoms with Gasteiger partial charge in [0.15, 0.2) is 22.3 Å². The number of nitrogens with one attached hydrogen (secondary N) is 1. The normalized spacial score (nSPS) is 18.5. The Bertz CT molecular complexity index is 3950. The van der Waals surface area contributed by atoms with Gasteiger partial charge in [-0.05, 0) is 129 Å². The molecule has 112 heavy (non-hydrogen) atoms. The maximum atomic E-state index is 8.44. The van der Waals surface area contributed by atoms with Gasteiger partial charge in [0.05, 0.1) is 18.6 Å². The Morgan fingerprint density at radius 2 is 0.902 bits per heavy atom. The molecule has 0 amide bonds. The van der Waals surface area contributed by atoms with Gasteiger partial charge in [-0.15, -0.1) is 31.9 Å². The van der Waals surface area contributed by atoms with Gasteiger partial charge in [-0.3, -0.25) is 0 Å². The summed E-state index contributed by atoms with van der Waals surface area (Å²) in [7, 11) is -7.04. The van der Waals surface area contributed by atoms with Crippen LogP contribution in [0.15, 0.2) is 302 Å². The molecule has 9 rings (SSSR count). The van der Waals surface area contributed by atoms with Crippen LogP contribution in [0.5, 0.6) is 0 Å². The van der Waals surface area contributed by atoms with Gasteiger partial charge in [-0.1, -0.05) is 364 Å². The van der Waals surface area contributed by atoms with Crippen LogP contribution in [-0.4, -0.2) is 90.1 Å². The Labute approximate surface area is 746 Å². The number of aryl methyl sites for hydroxylation is 1. The van der Waals surface area contributed by atoms with Gasteiger partial charge in [0.2, 0.25) is 5.69 Å². The SMILES string of the molecule is BrC1=C/C=C\C=C/C=C1.BrCCCC1=C/C=C\C=C/C=C1.C1=C/C=C\C=C/C=C1.C=CCO.C=CCO[Si](C)(C)C(C)(C)C.CC(C)(C)[Si](C)(C)C.CC(C)(C)[Si](C)(C)OCCCC1=C/C=C\C=C/C=C1.CC1=[N+](CCCC2=C/C=C\C=C/C=C2)c2ccc(C)cc2C1(C)C.CC1=[NH+]c2cc[c-]cc2C1(C)C.O=S(=O)=O.[K+]. The molecular weight excluding hydrogens is 1600 g/mol. The molecule has 0 unspecified atom stereocenters. The molecule has 0 atom stereocenters. The molecule has 8 nitrogen and oxygen atoms in total. The fraction of sp³-hybridized carbons (Fsp3) is 0.402. The molecule has 0 fully saturated rings. The van der Waals surface area contributed by atoms with Gasteiger partial charge in [0.25, 0.3) is 0 Å². The predicted molar refractivity (Wildman–Crippen MR) is 505 cm³/mol. The van der Waals surface area contributed by atoms with Crippen molar-refractivity contribution in [2.75, 3.05) is 31.7 Å². The van der Waals surface area contributed by atoms with Crippen molar-refractivity contribution in [3.05, 3.63) is 324 Å². The molecule has 0 radical (unpaired) electrons. The van der Waals surface area contributed by atoms with E-state index in [-0.39, 0.29) is 68.8 Å². The largest absolute Gasteiger partial charge is 1.00 e. The van der Waals surface area contributed by atoms with Gasteiger partial charge >= 0.3 is 62.0 Å². The maximum absolute atomic E-state index is 8.44. The second kappa shape index (κ2) is 58.6. The van der Waals surface area contributed by atoms with E-state index in [1.54, 1.807) is 0 Å². The maximum Gasteiger partial charge on any atom is 1.00 e. The minimum atomic E-state index is -3.11. The molecule has 2 heterocycles. The van der Waals surface area contributed by atoms with Gasteiger partial charge in [-0.2, -0.15) is 22.8 Å². The third-order valence-corrected chi connectivity index (χ3v) is 35.0. The minimum Gasteiger partial charge on any atom is -0.417 e. The molecule has 15 heteroatoms. The van der Waals surface area contributed by atoms with Crippen LogP contribution in [0.4, 0.5) is 11.4 Å². The number of aliphatic hydroxyl groups excluding tert-OH is 1. The second-order valence-corrected chi connectivity index (χ2v) is 50.9. The van der Waals surface area contributed by atoms with Gasteiger partial charge in [0, 0.05) is 61.8 Å². The monoisotopic (exact) mass is 1740 g/mol. The smallest absolute Gasteiger partial charge is 0.417 e. The molecule has 0 aromatic heterocycles. The third-order valence-electron chi connectivity index (χ3n) is 20.3. The van der Waals surface area contributed by atoms with Crippen LogP contribution in [0.25, 0.3) is 0 Å². The van der Waals surface area contributed by atoms with E-state index >= 15 is 0 Å². The summed E-state index contributed by atoms with van der Waals surface area (Å²) in [5, 5.41) is 10.0. The standard InChI is InChI=1S/C23H28N.C17H28OSi.C11H13Br.C11H12N.C9H20OSi.C8H7Br.C8H8.C7H18Si.C3H6O.K.O3S/c1-18-14-15-22-21(17-18)23(3,4)19(2)24(22)16-10-13-20-11-8-6-5-7-9-12-20;1-17(2,3)19(4,5)18-15-11-14-16-12-9-7-6-8-10-13-16;12-10-6-9-11-7-4-2-1-3-5-8-11;1-8-11(2,3)9-6-4-5-7-10(9)12-8;1-7-8-10-11(5,6)9(2,3)4;9-8-6-4-2-1-3-5-7-8;1-2-4-6-8-7-5-3-1;1-7(2,3)8(4,5)6;1-2-3-4;;1-4(2)3/h5-9,11-12,14-15,17H,10,13,16H2,1-4H3;6-10,12-13H,11,14-15H2,1-5H3;1-5,7-8H,6,9-10H2;5-7H,1-3H3;7H,1,8H2,2-6H3;1-7H;1-8H;1-6H3;2,4H,1,3H2;;/q+1;;;-1;;;;;;+1;/p+1/b6-5-,7-5?,8-6?,9-7-,11-8?,12-9?,20-11?,20-12?;7-6-,8-6?,9-7?,10-8-,12-9?,13-10?,16-12?,16-13?;2-1-,3-1?,4-2?,5-3-,7-4?,8-5?,11-7?,11-8?;;;2*2-1-,3-1?,4-2?,5-3-,6-4?,7-5?,8-6?,8-7?;;;;. The molecule has 5 aliphatic carbocycles. The zero-order valence-corrected chi connectivity index (χ0v) is 83.3. The van der Waals surface area contributed by atoms with Crippen LogP contribution in [0.1, 0.15) is 159 Å². The van der Waals surface area contributed by atoms with Gasteiger partial charge in [-0.25, -0.2) is 4.99 Å². The van der Waals surface area contributed by atoms with E-state index in [1.165, 1.54) is 68.7 Å². The number of alkyl halides is 1. The first-order valence-electron chi connectivity index (χ1n) is 38.9. The van der Waals surface area contributed by atoms with Crippen molar-refractivity contribution in [3.63, 3.8) is 0 Å². The molecule has 0 saturated heterocycles. The zero-order chi connectivity index (χ0) is 84.2. The molecule has 2 aromatic carbocycles. The second-order valence-electron chi connectivity index (χ2n) is 33.2. The Morgan fingerprint density at radius 1 is 0.527 bits per heavy atom. The summed E-state index contributed by atoms with van der Waals surface area (Å²) in [4.78, 5) is 3.38. The first-order valence-corrected chi connectivity index (χ1v) is 51.1. The van der Waals surface area contributed by atoms with Crippen molar-refractivity contribution in [2.24, 2.45) is 0 Å². The minimum absolute atomic E-state index is 0. The molecule has 2 aromatic rings. The summed E-state index contributed by atoms with van der Waals surface area (Å²) >= 11 is 6.79. The summed E-state index contributed by atoms with van der Waals surface area (Å²) < 4.78 is 40.9. The molecule has 0 spiro atoms. The van der Waals surface area contributed by atoms with Gasteiger partial charge in [0.1, 0.15) is 17.9 Å². The Hall–Kier alpha value is -5.19. The van der Waals surface area contributed by atoms with Crippen molar-refractivity contribution in [2.45, 2.75) is 221 Å². The van der Waals surface area contributed by atoms with Crippen LogP contribution in [0, 0.1) is 13.0 Å². The zero-order valence-electron chi connectivity index (χ0n) is 73.2. The quantitative estimate of drug-likeness (QED) is 0.0433. The number of benzene rings is 2. The topological polar surface area (TPSA) is 107 Å². The molecule has 2 aliphatic heterocycles. The molecule has 7 aliphatic rings. The molecule has 0 bridgehead atoms. The van der Waals surface area contributed by atoms with Gasteiger partial charge < -0.3 is 14.0 Å². The summed E-state index contributed by atoms with van der Waals surface area (Å²) in [6.45, 7) is 62.3. The number of allylic oxidation sites excluding steroid dienone is 40. The van der Waals surface area contributed by atoms with E-state index in [1.807, 2.05) is 115 Å². The van der Waals surface area contributed by atoms with E-state index in [0.29, 0.717) is 21.7 Å². The van der Waals surface area contributed by atoms with Crippen LogP contribution < -0.4 is 56.4 Å². The molecular formula is C97H141Br2KN2O6SSi3+2. The van der Waals surface area contributed by atoms with Crippen molar-refractivity contribution in [3.8, 4) is 0 Å². The van der Waals surface area contributed by atoms with E-state index in [4.69, 9.17) is 26.6 Å². The fourth-order valence-corrected chi connectivity index (χ4v) is 12.0. The van der Waals surface area contributed by atoms with E-state index in [0.717, 1.165) is 55.1 Å². The average molecular weight is 1750 g/mol. The van der Waals surface area contributed by atoms with E-state index < -0.39 is 35.3 Å². The summed E-state index contributed by atoms with van der Waals surface area (Å²) in [5.41, 5.74) is 14.0. The number of halogens is 2. The first-order chi connectivity index (χ1) is 52.0. The summed E-state index contributed by atoms with van der Waals surface area (Å²) in [6, 6.07) is 16.1. The molecule has 0 saturated carbocycles. The number of aliphatic hydroxyl groups is 1. The van der Waals surface area contributed by atoms with E-state index in [9.17, 15) is 0 Å². The first kappa shape index (κ1) is 109. The van der Waals surface area contributed by atoms with Crippen LogP contribution >= 0.6 is 31.9 Å². The summed E-state index contributed by atoms with van der Waals surface area (Å²) in [6.07, 6.45) is 84.4. The number of rotatable bonds is 16. The summed E-state index contributed by atoms with van der Waals surface area (Å²) in [5.74, 6) is 0. The predicted octanol–water partition coefficient (Wildman–Crippen LogP) is 23.6. The molecule has 2 N–H and O–H groups in total. The number of fused-ring (bicyclic) bond motifs is 2. The Morgan fingerprint density at radius 3 is 1.29 bits per heavy atom. The van der Waals surface area contributed by atoms with Crippen molar-refractivity contribution >= 4 is 90.0 Å². The fourth-order valence-electron chi connectivity index (χ4n) is 9.39. The number of nitrogens with zero attached hydrogens (tertiary/aromatic N) is 1. The Balaban J connectivity index is 0. The third kappa shape index (κ3) is 47.7. The van der Waals surface area contributed by atoms with Crippen LogP contribution in [0.2, 0.25) is 60.9 Å². The molecule has 606 valence electrons. The Kier molecular flexibility index (Phi) is 57.0. The van der Waals surface area contributed by atoms with Crippen molar-refractivity contribution < 1.29 is 87.5 Å². The van der Waals surface area contributed by atoms with Crippen LogP contribution in [0.3, 0.4) is 0 Å². The van der Waals surface area contributed by atoms with E-state index in [2.05, 4.69) is 363 Å². The van der Waals surface area contributed by atoms with Crippen LogP contribution in [-0.2, 0) is 30.3 Å². The number of hydrogen-bond donors (Lipinski definition) is 2. The average Bonchev–Trinajstić information content (AvgIpc) is 1.59. The number of hydrogen-bond acceptors (Lipinski definition) is 6.